The van der Waals surface area contributed by atoms with Gasteiger partial charge in [-0.2, -0.15) is 0 Å². The summed E-state index contributed by atoms with van der Waals surface area (Å²) in [4.78, 5) is 20.8. The SMILES string of the molecule is CCNC(=NCCCN1CCCC1=O)NCCCN1CC(C)CC(C)C1. The molecule has 0 aromatic heterocycles. The number of aliphatic imine (C=N–C) groups is 1. The van der Waals surface area contributed by atoms with E-state index in [9.17, 15) is 4.79 Å². The molecule has 1 amide bonds. The predicted molar refractivity (Wildman–Crippen MR) is 108 cm³/mol. The van der Waals surface area contributed by atoms with Crippen molar-refractivity contribution in [2.24, 2.45) is 16.8 Å². The molecule has 0 aliphatic carbocycles. The molecule has 6 nitrogen and oxygen atoms in total. The Balaban J connectivity index is 1.61. The topological polar surface area (TPSA) is 60.0 Å². The molecule has 2 atom stereocenters. The van der Waals surface area contributed by atoms with E-state index in [0.717, 1.165) is 82.7 Å². The highest BCUT2D eigenvalue weighted by Crippen LogP contribution is 2.20. The summed E-state index contributed by atoms with van der Waals surface area (Å²) in [5.41, 5.74) is 0. The van der Waals surface area contributed by atoms with E-state index in [0.29, 0.717) is 5.91 Å². The minimum atomic E-state index is 0.306. The van der Waals surface area contributed by atoms with Crippen molar-refractivity contribution in [1.82, 2.24) is 20.4 Å². The molecular weight excluding hydrogens is 326 g/mol. The van der Waals surface area contributed by atoms with E-state index < -0.39 is 0 Å². The molecule has 2 saturated heterocycles. The summed E-state index contributed by atoms with van der Waals surface area (Å²) in [5, 5.41) is 6.77. The van der Waals surface area contributed by atoms with E-state index in [4.69, 9.17) is 0 Å². The van der Waals surface area contributed by atoms with Crippen LogP contribution < -0.4 is 10.6 Å². The van der Waals surface area contributed by atoms with Gasteiger partial charge in [-0.05, 0) is 51.0 Å². The van der Waals surface area contributed by atoms with Crippen molar-refractivity contribution in [2.45, 2.75) is 52.9 Å². The number of amides is 1. The van der Waals surface area contributed by atoms with Gasteiger partial charge in [0, 0.05) is 52.2 Å². The molecular formula is C20H39N5O. The first kappa shape index (κ1) is 21.0. The van der Waals surface area contributed by atoms with Crippen molar-refractivity contribution in [1.29, 1.82) is 0 Å². The molecule has 0 spiro atoms. The Kier molecular flexibility index (Phi) is 9.23. The van der Waals surface area contributed by atoms with E-state index in [1.54, 1.807) is 0 Å². The van der Waals surface area contributed by atoms with Crippen LogP contribution in [0.2, 0.25) is 0 Å². The second-order valence-electron chi connectivity index (χ2n) is 8.08. The Morgan fingerprint density at radius 2 is 1.92 bits per heavy atom. The third kappa shape index (κ3) is 7.52. The zero-order chi connectivity index (χ0) is 18.8. The number of hydrogen-bond acceptors (Lipinski definition) is 3. The summed E-state index contributed by atoms with van der Waals surface area (Å²) in [6.45, 7) is 14.8. The van der Waals surface area contributed by atoms with Crippen LogP contribution in [0, 0.1) is 11.8 Å². The van der Waals surface area contributed by atoms with E-state index in [-0.39, 0.29) is 0 Å². The lowest BCUT2D eigenvalue weighted by molar-refractivity contribution is -0.127. The van der Waals surface area contributed by atoms with Gasteiger partial charge in [0.25, 0.3) is 0 Å². The molecule has 0 saturated carbocycles. The highest BCUT2D eigenvalue weighted by atomic mass is 16.2. The van der Waals surface area contributed by atoms with Crippen LogP contribution in [0.4, 0.5) is 0 Å². The molecule has 2 aliphatic rings. The van der Waals surface area contributed by atoms with Crippen LogP contribution in [-0.4, -0.2) is 74.0 Å². The third-order valence-electron chi connectivity index (χ3n) is 5.26. The number of nitrogens with one attached hydrogen (secondary N) is 2. The van der Waals surface area contributed by atoms with Crippen molar-refractivity contribution >= 4 is 11.9 Å². The first-order valence-electron chi connectivity index (χ1n) is 10.6. The zero-order valence-corrected chi connectivity index (χ0v) is 17.1. The van der Waals surface area contributed by atoms with E-state index in [1.165, 1.54) is 19.5 Å². The van der Waals surface area contributed by atoms with E-state index in [1.807, 2.05) is 4.90 Å². The molecule has 2 N–H and O–H groups in total. The molecule has 0 bridgehead atoms. The number of carbonyl (C=O) groups excluding carboxylic acids is 1. The second kappa shape index (κ2) is 11.4. The quantitative estimate of drug-likeness (QED) is 0.372. The summed E-state index contributed by atoms with van der Waals surface area (Å²) in [5.74, 6) is 2.86. The highest BCUT2D eigenvalue weighted by Gasteiger charge is 2.21. The monoisotopic (exact) mass is 365 g/mol. The van der Waals surface area contributed by atoms with Crippen LogP contribution in [0.25, 0.3) is 0 Å². The largest absolute Gasteiger partial charge is 0.357 e. The van der Waals surface area contributed by atoms with Crippen molar-refractivity contribution in [3.63, 3.8) is 0 Å². The fourth-order valence-electron chi connectivity index (χ4n) is 4.22. The normalized spacial score (nSPS) is 25.0. The van der Waals surface area contributed by atoms with Crippen LogP contribution in [0.1, 0.15) is 52.9 Å². The third-order valence-corrected chi connectivity index (χ3v) is 5.26. The molecule has 2 heterocycles. The number of nitrogens with zero attached hydrogens (tertiary/aromatic N) is 3. The van der Waals surface area contributed by atoms with Crippen LogP contribution in [0.3, 0.4) is 0 Å². The molecule has 0 aromatic carbocycles. The number of guanidine groups is 1. The van der Waals surface area contributed by atoms with Gasteiger partial charge in [-0.25, -0.2) is 0 Å². The molecule has 26 heavy (non-hydrogen) atoms. The van der Waals surface area contributed by atoms with E-state index >= 15 is 0 Å². The summed E-state index contributed by atoms with van der Waals surface area (Å²) < 4.78 is 0. The Morgan fingerprint density at radius 1 is 1.15 bits per heavy atom. The van der Waals surface area contributed by atoms with Crippen LogP contribution in [-0.2, 0) is 4.79 Å². The molecule has 2 unspecified atom stereocenters. The molecule has 0 aromatic rings. The van der Waals surface area contributed by atoms with Gasteiger partial charge in [-0.3, -0.25) is 9.79 Å². The lowest BCUT2D eigenvalue weighted by Crippen LogP contribution is -2.41. The van der Waals surface area contributed by atoms with Crippen LogP contribution >= 0.6 is 0 Å². The van der Waals surface area contributed by atoms with Gasteiger partial charge in [0.05, 0.1) is 0 Å². The highest BCUT2D eigenvalue weighted by molar-refractivity contribution is 5.79. The zero-order valence-electron chi connectivity index (χ0n) is 17.1. The van der Waals surface area contributed by atoms with Gasteiger partial charge < -0.3 is 20.4 Å². The van der Waals surface area contributed by atoms with Gasteiger partial charge in [0.2, 0.25) is 5.91 Å². The Bertz CT molecular complexity index is 443. The summed E-state index contributed by atoms with van der Waals surface area (Å²) >= 11 is 0. The molecule has 150 valence electrons. The Labute approximate surface area is 159 Å². The van der Waals surface area contributed by atoms with Gasteiger partial charge in [-0.15, -0.1) is 0 Å². The van der Waals surface area contributed by atoms with E-state index in [2.05, 4.69) is 41.3 Å². The number of rotatable bonds is 9. The van der Waals surface area contributed by atoms with Crippen LogP contribution in [0.15, 0.2) is 4.99 Å². The first-order chi connectivity index (χ1) is 12.6. The minimum absolute atomic E-state index is 0.306. The summed E-state index contributed by atoms with van der Waals surface area (Å²) in [6.07, 6.45) is 5.19. The van der Waals surface area contributed by atoms with Crippen molar-refractivity contribution < 1.29 is 4.79 Å². The second-order valence-corrected chi connectivity index (χ2v) is 8.08. The van der Waals surface area contributed by atoms with Crippen molar-refractivity contribution in [3.05, 3.63) is 0 Å². The van der Waals surface area contributed by atoms with Crippen molar-refractivity contribution in [3.8, 4) is 0 Å². The molecule has 2 fully saturated rings. The number of likely N-dealkylation sites (tertiary alicyclic amines) is 2. The van der Waals surface area contributed by atoms with Gasteiger partial charge >= 0.3 is 0 Å². The van der Waals surface area contributed by atoms with Crippen LogP contribution in [0.5, 0.6) is 0 Å². The maximum atomic E-state index is 11.6. The predicted octanol–water partition coefficient (Wildman–Crippen LogP) is 1.92. The van der Waals surface area contributed by atoms with Gasteiger partial charge in [0.1, 0.15) is 0 Å². The smallest absolute Gasteiger partial charge is 0.222 e. The number of piperidine rings is 1. The minimum Gasteiger partial charge on any atom is -0.357 e. The number of hydrogen-bond donors (Lipinski definition) is 2. The molecule has 6 heteroatoms. The standard InChI is InChI=1S/C20H39N5O/c1-4-21-20(23-10-7-13-25-12-5-8-19(25)26)22-9-6-11-24-15-17(2)14-18(3)16-24/h17-18H,4-16H2,1-3H3,(H2,21,22,23). The Hall–Kier alpha value is -1.30. The summed E-state index contributed by atoms with van der Waals surface area (Å²) in [6, 6.07) is 0. The first-order valence-corrected chi connectivity index (χ1v) is 10.6. The maximum absolute atomic E-state index is 11.6. The van der Waals surface area contributed by atoms with Crippen molar-refractivity contribution in [2.75, 3.05) is 52.4 Å². The average Bonchev–Trinajstić information content (AvgIpc) is 2.99. The summed E-state index contributed by atoms with van der Waals surface area (Å²) in [7, 11) is 0. The van der Waals surface area contributed by atoms with Gasteiger partial charge in [-0.1, -0.05) is 13.8 Å². The maximum Gasteiger partial charge on any atom is 0.222 e. The van der Waals surface area contributed by atoms with Gasteiger partial charge in [0.15, 0.2) is 5.96 Å². The molecule has 2 aliphatic heterocycles. The lowest BCUT2D eigenvalue weighted by Gasteiger charge is -2.35. The Morgan fingerprint density at radius 3 is 2.58 bits per heavy atom. The average molecular weight is 366 g/mol. The fraction of sp³-hybridized carbons (Fsp3) is 0.900. The fourth-order valence-corrected chi connectivity index (χ4v) is 4.22. The lowest BCUT2D eigenvalue weighted by atomic mass is 9.92. The number of carbonyl (C=O) groups is 1. The molecule has 2 rings (SSSR count). The molecule has 0 radical (unpaired) electrons.